The van der Waals surface area contributed by atoms with E-state index in [0.29, 0.717) is 12.3 Å². The van der Waals surface area contributed by atoms with Crippen LogP contribution in [0, 0.1) is 6.07 Å². The standard InChI is InChI=1S/C15H20N3O2/c16-15(19)14-11-18(10-9-17-7-3-4-8-17)12-5-1-2-6-13(12)20-14/h1,5-6,14H,3-4,7-11H2,(H2,16,19). The number of nitrogens with two attached hydrogens (primary N) is 1. The first-order valence-corrected chi connectivity index (χ1v) is 7.17. The van der Waals surface area contributed by atoms with Gasteiger partial charge in [-0.1, -0.05) is 6.07 Å². The Kier molecular flexibility index (Phi) is 3.78. The van der Waals surface area contributed by atoms with Crippen molar-refractivity contribution in [2.75, 3.05) is 37.6 Å². The number of carbonyl (C=O) groups is 1. The molecule has 1 saturated heterocycles. The van der Waals surface area contributed by atoms with Crippen LogP contribution < -0.4 is 15.4 Å². The minimum absolute atomic E-state index is 0.411. The van der Waals surface area contributed by atoms with Crippen LogP contribution in [-0.2, 0) is 4.79 Å². The van der Waals surface area contributed by atoms with E-state index in [9.17, 15) is 4.79 Å². The van der Waals surface area contributed by atoms with Crippen LogP contribution in [0.15, 0.2) is 18.2 Å². The first kappa shape index (κ1) is 13.2. The van der Waals surface area contributed by atoms with E-state index in [2.05, 4.69) is 15.9 Å². The van der Waals surface area contributed by atoms with E-state index in [1.807, 2.05) is 12.1 Å². The van der Waals surface area contributed by atoms with Gasteiger partial charge in [0.25, 0.3) is 5.91 Å². The van der Waals surface area contributed by atoms with Crippen LogP contribution in [0.5, 0.6) is 5.75 Å². The highest BCUT2D eigenvalue weighted by Crippen LogP contribution is 2.32. The van der Waals surface area contributed by atoms with Gasteiger partial charge < -0.3 is 20.3 Å². The van der Waals surface area contributed by atoms with Crippen molar-refractivity contribution < 1.29 is 9.53 Å². The van der Waals surface area contributed by atoms with Gasteiger partial charge in [-0.15, -0.1) is 0 Å². The van der Waals surface area contributed by atoms with Crippen molar-refractivity contribution in [3.63, 3.8) is 0 Å². The highest BCUT2D eigenvalue weighted by Gasteiger charge is 2.29. The van der Waals surface area contributed by atoms with E-state index >= 15 is 0 Å². The van der Waals surface area contributed by atoms with Crippen molar-refractivity contribution >= 4 is 11.6 Å². The van der Waals surface area contributed by atoms with Gasteiger partial charge in [0.2, 0.25) is 0 Å². The zero-order valence-electron chi connectivity index (χ0n) is 11.5. The minimum Gasteiger partial charge on any atom is -0.477 e. The van der Waals surface area contributed by atoms with Crippen molar-refractivity contribution in [3.05, 3.63) is 24.3 Å². The number of benzene rings is 1. The first-order chi connectivity index (χ1) is 9.74. The Balaban J connectivity index is 1.72. The second kappa shape index (κ2) is 5.71. The predicted octanol–water partition coefficient (Wildman–Crippen LogP) is 0.635. The molecule has 0 saturated carbocycles. The molecule has 107 valence electrons. The molecule has 3 rings (SSSR count). The van der Waals surface area contributed by atoms with Crippen LogP contribution in [-0.4, -0.2) is 49.6 Å². The monoisotopic (exact) mass is 274 g/mol. The van der Waals surface area contributed by atoms with Crippen LogP contribution in [0.25, 0.3) is 0 Å². The molecule has 1 aromatic rings. The molecule has 1 aromatic carbocycles. The van der Waals surface area contributed by atoms with Crippen molar-refractivity contribution in [2.45, 2.75) is 18.9 Å². The SMILES string of the molecule is NC(=O)C1CN(CCN2CCCC2)c2cc[c]cc2O1. The van der Waals surface area contributed by atoms with Crippen LogP contribution in [0.4, 0.5) is 5.69 Å². The Labute approximate surface area is 119 Å². The summed E-state index contributed by atoms with van der Waals surface area (Å²) < 4.78 is 5.63. The topological polar surface area (TPSA) is 58.8 Å². The van der Waals surface area contributed by atoms with Gasteiger partial charge in [0.05, 0.1) is 12.2 Å². The number of anilines is 1. The van der Waals surface area contributed by atoms with Crippen molar-refractivity contribution in [3.8, 4) is 5.75 Å². The number of carbonyl (C=O) groups excluding carboxylic acids is 1. The fraction of sp³-hybridized carbons (Fsp3) is 0.533. The highest BCUT2D eigenvalue weighted by atomic mass is 16.5. The number of rotatable bonds is 4. The fourth-order valence-electron chi connectivity index (χ4n) is 2.88. The molecule has 0 aliphatic carbocycles. The van der Waals surface area contributed by atoms with Gasteiger partial charge in [-0.05, 0) is 44.1 Å². The molecule has 0 aromatic heterocycles. The zero-order chi connectivity index (χ0) is 13.9. The Morgan fingerprint density at radius 3 is 2.95 bits per heavy atom. The molecule has 0 bridgehead atoms. The van der Waals surface area contributed by atoms with E-state index in [-0.39, 0.29) is 0 Å². The summed E-state index contributed by atoms with van der Waals surface area (Å²) in [6.45, 7) is 4.80. The Hall–Kier alpha value is -1.75. The van der Waals surface area contributed by atoms with E-state index in [0.717, 1.165) is 18.8 Å². The molecule has 2 aliphatic heterocycles. The third-order valence-corrected chi connectivity index (χ3v) is 4.00. The Bertz CT molecular complexity index is 486. The molecule has 5 nitrogen and oxygen atoms in total. The predicted molar refractivity (Wildman–Crippen MR) is 76.8 cm³/mol. The van der Waals surface area contributed by atoms with Gasteiger partial charge in [0.15, 0.2) is 6.10 Å². The minimum atomic E-state index is -0.572. The van der Waals surface area contributed by atoms with Gasteiger partial charge in [-0.25, -0.2) is 0 Å². The van der Waals surface area contributed by atoms with Crippen LogP contribution in [0.3, 0.4) is 0 Å². The molecule has 1 amide bonds. The summed E-state index contributed by atoms with van der Waals surface area (Å²) in [5.74, 6) is 0.287. The largest absolute Gasteiger partial charge is 0.477 e. The summed E-state index contributed by atoms with van der Waals surface area (Å²) in [7, 11) is 0. The molecular formula is C15H20N3O2. The highest BCUT2D eigenvalue weighted by molar-refractivity contribution is 5.81. The van der Waals surface area contributed by atoms with Crippen molar-refractivity contribution in [1.29, 1.82) is 0 Å². The molecule has 20 heavy (non-hydrogen) atoms. The average molecular weight is 274 g/mol. The number of ether oxygens (including phenoxy) is 1. The maximum Gasteiger partial charge on any atom is 0.260 e. The number of primary amides is 1. The van der Waals surface area contributed by atoms with E-state index in [1.165, 1.54) is 25.9 Å². The van der Waals surface area contributed by atoms with Crippen LogP contribution in [0.1, 0.15) is 12.8 Å². The normalized spacial score (nSPS) is 22.4. The molecule has 2 aliphatic rings. The summed E-state index contributed by atoms with van der Waals surface area (Å²) >= 11 is 0. The van der Waals surface area contributed by atoms with Crippen molar-refractivity contribution in [1.82, 2.24) is 4.90 Å². The second-order valence-corrected chi connectivity index (χ2v) is 5.40. The van der Waals surface area contributed by atoms with Crippen LogP contribution >= 0.6 is 0 Å². The number of amides is 1. The van der Waals surface area contributed by atoms with E-state index < -0.39 is 12.0 Å². The van der Waals surface area contributed by atoms with E-state index in [1.54, 1.807) is 6.07 Å². The number of fused-ring (bicyclic) bond motifs is 1. The summed E-state index contributed by atoms with van der Waals surface area (Å²) in [6, 6.07) is 8.61. The van der Waals surface area contributed by atoms with E-state index in [4.69, 9.17) is 10.5 Å². The molecule has 1 radical (unpaired) electrons. The lowest BCUT2D eigenvalue weighted by molar-refractivity contribution is -0.124. The average Bonchev–Trinajstić information content (AvgIpc) is 2.97. The Morgan fingerprint density at radius 2 is 2.20 bits per heavy atom. The lowest BCUT2D eigenvalue weighted by atomic mass is 10.2. The molecule has 1 atom stereocenters. The smallest absolute Gasteiger partial charge is 0.260 e. The molecule has 5 heteroatoms. The third kappa shape index (κ3) is 2.72. The molecule has 2 N–H and O–H groups in total. The number of likely N-dealkylation sites (tertiary alicyclic amines) is 1. The second-order valence-electron chi connectivity index (χ2n) is 5.40. The summed E-state index contributed by atoms with van der Waals surface area (Å²) in [6.07, 6.45) is 2.01. The van der Waals surface area contributed by atoms with Gasteiger partial charge in [-0.3, -0.25) is 4.79 Å². The summed E-state index contributed by atoms with van der Waals surface area (Å²) in [5.41, 5.74) is 6.42. The maximum atomic E-state index is 11.4. The lowest BCUT2D eigenvalue weighted by Crippen LogP contribution is -2.48. The number of hydrogen-bond donors (Lipinski definition) is 1. The first-order valence-electron chi connectivity index (χ1n) is 7.17. The molecule has 2 heterocycles. The van der Waals surface area contributed by atoms with Gasteiger partial charge in [-0.2, -0.15) is 0 Å². The number of nitrogens with zero attached hydrogens (tertiary/aromatic N) is 2. The fourth-order valence-corrected chi connectivity index (χ4v) is 2.88. The zero-order valence-corrected chi connectivity index (χ0v) is 11.5. The summed E-state index contributed by atoms with van der Waals surface area (Å²) in [5, 5.41) is 0. The van der Waals surface area contributed by atoms with Crippen molar-refractivity contribution in [2.24, 2.45) is 5.73 Å². The molecular weight excluding hydrogens is 254 g/mol. The Morgan fingerprint density at radius 1 is 1.40 bits per heavy atom. The van der Waals surface area contributed by atoms with Gasteiger partial charge >= 0.3 is 0 Å². The molecule has 1 unspecified atom stereocenters. The molecule has 1 fully saturated rings. The third-order valence-electron chi connectivity index (χ3n) is 4.00. The van der Waals surface area contributed by atoms with Gasteiger partial charge in [0.1, 0.15) is 5.75 Å². The van der Waals surface area contributed by atoms with Crippen LogP contribution in [0.2, 0.25) is 0 Å². The lowest BCUT2D eigenvalue weighted by Gasteiger charge is -2.35. The molecule has 0 spiro atoms. The summed E-state index contributed by atoms with van der Waals surface area (Å²) in [4.78, 5) is 16.1. The maximum absolute atomic E-state index is 11.4. The quantitative estimate of drug-likeness (QED) is 0.875. The van der Waals surface area contributed by atoms with Gasteiger partial charge in [0, 0.05) is 13.1 Å². The number of hydrogen-bond acceptors (Lipinski definition) is 4.